The summed E-state index contributed by atoms with van der Waals surface area (Å²) in [6, 6.07) is 13.3. The Bertz CT molecular complexity index is 1550. The van der Waals surface area contributed by atoms with Gasteiger partial charge in [0, 0.05) is 11.0 Å². The van der Waals surface area contributed by atoms with Crippen molar-refractivity contribution in [2.45, 2.75) is 41.4 Å². The fourth-order valence-electron chi connectivity index (χ4n) is 5.82. The summed E-state index contributed by atoms with van der Waals surface area (Å²) in [6.07, 6.45) is 0.139. The van der Waals surface area contributed by atoms with Crippen LogP contribution in [0.3, 0.4) is 0 Å². The van der Waals surface area contributed by atoms with Gasteiger partial charge in [0.25, 0.3) is 11.8 Å². The lowest BCUT2D eigenvalue weighted by atomic mass is 10.1. The van der Waals surface area contributed by atoms with Crippen LogP contribution >= 0.6 is 23.5 Å². The van der Waals surface area contributed by atoms with Gasteiger partial charge in [0.2, 0.25) is 0 Å². The lowest BCUT2D eigenvalue weighted by molar-refractivity contribution is -0.143. The Morgan fingerprint density at radius 3 is 2.21 bits per heavy atom. The molecule has 0 radical (unpaired) electrons. The van der Waals surface area contributed by atoms with Crippen molar-refractivity contribution in [1.29, 1.82) is 0 Å². The lowest BCUT2D eigenvalue weighted by Crippen LogP contribution is -2.37. The number of carbonyl (C=O) groups is 4. The minimum Gasteiger partial charge on any atom is -0.509 e. The van der Waals surface area contributed by atoms with E-state index < -0.39 is 69.2 Å². The highest BCUT2D eigenvalue weighted by Gasteiger charge is 2.55. The molecule has 43 heavy (non-hydrogen) atoms. The number of rotatable bonds is 8. The molecule has 10 nitrogen and oxygen atoms in total. The molecule has 2 fully saturated rings. The number of hydrogen-bond acceptors (Lipinski definition) is 10. The maximum absolute atomic E-state index is 13.6. The number of esters is 2. The first kappa shape index (κ1) is 29.1. The number of aliphatic hydroxyl groups is 2. The second kappa shape index (κ2) is 11.6. The highest BCUT2D eigenvalue weighted by Crippen LogP contribution is 2.53. The Hall–Kier alpha value is -3.97. The Labute approximate surface area is 254 Å². The standard InChI is InChI=1S/C30H27FN2O8S2/c1-2-40-29(38)21-24(35)22-19(43-28(33(22)26(21)37)16-8-10-17(31)11-9-16)12-13-41-30(39)20-23(34)18-14-42-27(32(18)25(20)36)15-6-4-3-5-7-15/h3-11,18-19,22,27-28,34-35H,2,12-14H2,1H3/t18?,19?,22?,27-,28-/m0/s1. The number of benzene rings is 2. The van der Waals surface area contributed by atoms with Crippen LogP contribution < -0.4 is 0 Å². The van der Waals surface area contributed by atoms with Gasteiger partial charge in [-0.25, -0.2) is 14.0 Å². The number of halogens is 1. The van der Waals surface area contributed by atoms with Crippen LogP contribution in [0.4, 0.5) is 4.39 Å². The van der Waals surface area contributed by atoms with Crippen LogP contribution in [0.1, 0.15) is 35.2 Å². The Morgan fingerprint density at radius 2 is 1.51 bits per heavy atom. The van der Waals surface area contributed by atoms with Gasteiger partial charge >= 0.3 is 11.9 Å². The van der Waals surface area contributed by atoms with Crippen molar-refractivity contribution in [2.24, 2.45) is 0 Å². The number of hydrogen-bond donors (Lipinski definition) is 2. The molecule has 0 aromatic heterocycles. The molecule has 2 N–H and O–H groups in total. The highest BCUT2D eigenvalue weighted by molar-refractivity contribution is 8.00. The molecule has 2 amide bonds. The normalized spacial score (nSPS) is 26.3. The van der Waals surface area contributed by atoms with Crippen molar-refractivity contribution in [3.05, 3.63) is 94.2 Å². The molecule has 0 saturated carbocycles. The largest absolute Gasteiger partial charge is 0.509 e. The molecule has 3 unspecified atom stereocenters. The van der Waals surface area contributed by atoms with Crippen LogP contribution in [0.2, 0.25) is 0 Å². The van der Waals surface area contributed by atoms with E-state index in [1.165, 1.54) is 57.6 Å². The number of carbonyl (C=O) groups excluding carboxylic acids is 4. The molecule has 4 heterocycles. The van der Waals surface area contributed by atoms with Crippen molar-refractivity contribution >= 4 is 47.3 Å². The molecule has 5 atom stereocenters. The van der Waals surface area contributed by atoms with Gasteiger partial charge in [-0.15, -0.1) is 23.5 Å². The van der Waals surface area contributed by atoms with Crippen molar-refractivity contribution in [2.75, 3.05) is 19.0 Å². The van der Waals surface area contributed by atoms with Gasteiger partial charge in [-0.1, -0.05) is 42.5 Å². The summed E-state index contributed by atoms with van der Waals surface area (Å²) in [6.45, 7) is 1.39. The Kier molecular flexibility index (Phi) is 7.86. The Morgan fingerprint density at radius 1 is 0.884 bits per heavy atom. The van der Waals surface area contributed by atoms with E-state index in [1.54, 1.807) is 6.92 Å². The SMILES string of the molecule is CCOC(=O)C1=C(O)C2C(CCOC(=O)C3=C(O)C4CS[C@@H](c5ccccc5)N4C3=O)S[C@@H](c3ccc(F)cc3)N2C1=O. The van der Waals surface area contributed by atoms with E-state index in [1.807, 2.05) is 30.3 Å². The van der Waals surface area contributed by atoms with Gasteiger partial charge in [0.1, 0.15) is 40.2 Å². The van der Waals surface area contributed by atoms with Crippen LogP contribution in [-0.4, -0.2) is 80.1 Å². The third-order valence-corrected chi connectivity index (χ3v) is 10.7. The third-order valence-electron chi connectivity index (χ3n) is 7.77. The van der Waals surface area contributed by atoms with Crippen LogP contribution in [0.5, 0.6) is 0 Å². The molecule has 0 aliphatic carbocycles. The van der Waals surface area contributed by atoms with Gasteiger partial charge in [-0.05, 0) is 36.6 Å². The van der Waals surface area contributed by atoms with E-state index >= 15 is 0 Å². The summed E-state index contributed by atoms with van der Waals surface area (Å²) >= 11 is 2.80. The first-order chi connectivity index (χ1) is 20.7. The first-order valence-electron chi connectivity index (χ1n) is 13.7. The fraction of sp³-hybridized carbons (Fsp3) is 0.333. The van der Waals surface area contributed by atoms with Crippen molar-refractivity contribution in [3.8, 4) is 0 Å². The Balaban J connectivity index is 1.17. The lowest BCUT2D eigenvalue weighted by Gasteiger charge is -2.24. The zero-order chi connectivity index (χ0) is 30.4. The monoisotopic (exact) mass is 626 g/mol. The first-order valence-corrected chi connectivity index (χ1v) is 15.6. The summed E-state index contributed by atoms with van der Waals surface area (Å²) in [4.78, 5) is 55.0. The van der Waals surface area contributed by atoms with Crippen LogP contribution in [0.25, 0.3) is 0 Å². The van der Waals surface area contributed by atoms with Crippen molar-refractivity contribution < 1.29 is 43.3 Å². The average Bonchev–Trinajstić information content (AvgIpc) is 3.72. The molecule has 13 heteroatoms. The fourth-order valence-corrected chi connectivity index (χ4v) is 8.90. The molecule has 0 bridgehead atoms. The maximum atomic E-state index is 13.6. The van der Waals surface area contributed by atoms with Gasteiger partial charge in [-0.2, -0.15) is 0 Å². The molecule has 0 spiro atoms. The predicted octanol–water partition coefficient (Wildman–Crippen LogP) is 3.93. The molecule has 4 aliphatic rings. The second-order valence-corrected chi connectivity index (χ2v) is 12.7. The highest BCUT2D eigenvalue weighted by atomic mass is 32.2. The maximum Gasteiger partial charge on any atom is 0.347 e. The van der Waals surface area contributed by atoms with Gasteiger partial charge in [-0.3, -0.25) is 9.59 Å². The van der Waals surface area contributed by atoms with E-state index in [9.17, 15) is 33.8 Å². The van der Waals surface area contributed by atoms with Crippen molar-refractivity contribution in [1.82, 2.24) is 9.80 Å². The number of thioether (sulfide) groups is 2. The van der Waals surface area contributed by atoms with Crippen LogP contribution in [0, 0.1) is 5.82 Å². The molecule has 4 aliphatic heterocycles. The minimum atomic E-state index is -0.960. The number of nitrogens with zero attached hydrogens (tertiary/aromatic N) is 2. The number of fused-ring (bicyclic) bond motifs is 2. The average molecular weight is 627 g/mol. The molecule has 2 aromatic carbocycles. The van der Waals surface area contributed by atoms with Gasteiger partial charge in [0.15, 0.2) is 11.1 Å². The molecule has 6 rings (SSSR count). The molecule has 224 valence electrons. The van der Waals surface area contributed by atoms with E-state index in [0.717, 1.165) is 5.56 Å². The van der Waals surface area contributed by atoms with E-state index in [-0.39, 0.29) is 30.8 Å². The zero-order valence-corrected chi connectivity index (χ0v) is 24.5. The number of amides is 2. The van der Waals surface area contributed by atoms with E-state index in [0.29, 0.717) is 11.3 Å². The van der Waals surface area contributed by atoms with Gasteiger partial charge < -0.3 is 29.5 Å². The summed E-state index contributed by atoms with van der Waals surface area (Å²) in [5.74, 6) is -4.00. The van der Waals surface area contributed by atoms with Crippen LogP contribution in [-0.2, 0) is 28.7 Å². The summed E-state index contributed by atoms with van der Waals surface area (Å²) in [7, 11) is 0. The number of ether oxygens (including phenoxy) is 2. The van der Waals surface area contributed by atoms with Crippen molar-refractivity contribution in [3.63, 3.8) is 0 Å². The second-order valence-electron chi connectivity index (χ2n) is 10.2. The topological polar surface area (TPSA) is 134 Å². The molecular formula is C30H27FN2O8S2. The van der Waals surface area contributed by atoms with E-state index in [2.05, 4.69) is 0 Å². The summed E-state index contributed by atoms with van der Waals surface area (Å²) in [5, 5.41) is 20.3. The molecule has 2 aromatic rings. The smallest absolute Gasteiger partial charge is 0.347 e. The zero-order valence-electron chi connectivity index (χ0n) is 22.8. The summed E-state index contributed by atoms with van der Waals surface area (Å²) in [5.41, 5.74) is 0.601. The molecular weight excluding hydrogens is 599 g/mol. The minimum absolute atomic E-state index is 0.00751. The predicted molar refractivity (Wildman–Crippen MR) is 155 cm³/mol. The van der Waals surface area contributed by atoms with Crippen LogP contribution in [0.15, 0.2) is 77.3 Å². The quantitative estimate of drug-likeness (QED) is 0.328. The van der Waals surface area contributed by atoms with Gasteiger partial charge in [0.05, 0.1) is 13.2 Å². The number of aliphatic hydroxyl groups excluding tert-OH is 2. The van der Waals surface area contributed by atoms with E-state index in [4.69, 9.17) is 9.47 Å². The third kappa shape index (κ3) is 4.93. The molecule has 2 saturated heterocycles. The summed E-state index contributed by atoms with van der Waals surface area (Å²) < 4.78 is 24.1.